The lowest BCUT2D eigenvalue weighted by Crippen LogP contribution is -2.33. The van der Waals surface area contributed by atoms with Gasteiger partial charge in [0, 0.05) is 13.1 Å². The Balaban J connectivity index is 2.12. The average molecular weight is 263 g/mol. The van der Waals surface area contributed by atoms with Crippen molar-refractivity contribution in [3.05, 3.63) is 23.9 Å². The van der Waals surface area contributed by atoms with Crippen molar-refractivity contribution in [1.29, 1.82) is 0 Å². The summed E-state index contributed by atoms with van der Waals surface area (Å²) in [5.74, 6) is 0.643. The minimum Gasteiger partial charge on any atom is -0.394 e. The van der Waals surface area contributed by atoms with Gasteiger partial charge in [-0.05, 0) is 31.4 Å². The average Bonchev–Trinajstić information content (AvgIpc) is 2.93. The third-order valence-electron chi connectivity index (χ3n) is 3.38. The first-order valence-corrected chi connectivity index (χ1v) is 6.89. The zero-order valence-electron chi connectivity index (χ0n) is 11.3. The molecule has 0 bridgehead atoms. The van der Waals surface area contributed by atoms with Crippen LogP contribution in [0, 0.1) is 0 Å². The Hall–Kier alpha value is -1.62. The van der Waals surface area contributed by atoms with Gasteiger partial charge in [-0.3, -0.25) is 4.79 Å². The Morgan fingerprint density at radius 2 is 2.42 bits per heavy atom. The highest BCUT2D eigenvalue weighted by Crippen LogP contribution is 2.23. The highest BCUT2D eigenvalue weighted by molar-refractivity contribution is 5.92. The quantitative estimate of drug-likeness (QED) is 0.837. The minimum absolute atomic E-state index is 0.126. The van der Waals surface area contributed by atoms with Crippen molar-refractivity contribution >= 4 is 11.7 Å². The molecule has 1 aromatic heterocycles. The van der Waals surface area contributed by atoms with Crippen LogP contribution in [0.2, 0.25) is 0 Å². The van der Waals surface area contributed by atoms with Gasteiger partial charge in [0.05, 0.1) is 12.6 Å². The van der Waals surface area contributed by atoms with Gasteiger partial charge in [0.25, 0.3) is 5.91 Å². The molecule has 1 amide bonds. The molecule has 1 aliphatic heterocycles. The summed E-state index contributed by atoms with van der Waals surface area (Å²) in [6.07, 6.45) is 2.94. The molecule has 1 fully saturated rings. The molecule has 2 rings (SSSR count). The highest BCUT2D eigenvalue weighted by Gasteiger charge is 2.25. The van der Waals surface area contributed by atoms with E-state index in [0.717, 1.165) is 31.6 Å². The lowest BCUT2D eigenvalue weighted by atomic mass is 10.2. The number of carbonyl (C=O) groups is 1. The molecule has 0 aromatic carbocycles. The van der Waals surface area contributed by atoms with E-state index in [4.69, 9.17) is 0 Å². The Morgan fingerprint density at radius 3 is 3.16 bits per heavy atom. The lowest BCUT2D eigenvalue weighted by molar-refractivity contribution is 0.0949. The van der Waals surface area contributed by atoms with Gasteiger partial charge in [0.1, 0.15) is 11.5 Å². The number of rotatable bonds is 5. The van der Waals surface area contributed by atoms with E-state index in [1.807, 2.05) is 19.1 Å². The standard InChI is InChI=1S/C14H21N3O2/c1-2-8-15-14(19)12-6-3-7-13(16-12)17-9-4-5-11(17)10-18/h3,6-7,11,18H,2,4-5,8-10H2,1H3,(H,15,19). The van der Waals surface area contributed by atoms with Crippen LogP contribution in [0.25, 0.3) is 0 Å². The maximum absolute atomic E-state index is 11.9. The first kappa shape index (κ1) is 13.8. The van der Waals surface area contributed by atoms with E-state index in [-0.39, 0.29) is 18.6 Å². The normalized spacial score (nSPS) is 18.6. The molecule has 1 unspecified atom stereocenters. The number of carbonyl (C=O) groups excluding carboxylic acids is 1. The predicted molar refractivity (Wildman–Crippen MR) is 74.3 cm³/mol. The summed E-state index contributed by atoms with van der Waals surface area (Å²) >= 11 is 0. The van der Waals surface area contributed by atoms with Crippen molar-refractivity contribution in [2.45, 2.75) is 32.2 Å². The number of anilines is 1. The van der Waals surface area contributed by atoms with E-state index in [0.29, 0.717) is 12.2 Å². The molecule has 104 valence electrons. The van der Waals surface area contributed by atoms with E-state index >= 15 is 0 Å². The van der Waals surface area contributed by atoms with Crippen LogP contribution in [0.4, 0.5) is 5.82 Å². The molecule has 2 N–H and O–H groups in total. The fraction of sp³-hybridized carbons (Fsp3) is 0.571. The zero-order valence-corrected chi connectivity index (χ0v) is 11.3. The third kappa shape index (κ3) is 3.23. The molecule has 1 saturated heterocycles. The number of hydrogen-bond donors (Lipinski definition) is 2. The molecular formula is C14H21N3O2. The Morgan fingerprint density at radius 1 is 1.58 bits per heavy atom. The topological polar surface area (TPSA) is 65.5 Å². The Bertz CT molecular complexity index is 436. The molecule has 5 nitrogen and oxygen atoms in total. The van der Waals surface area contributed by atoms with Crippen LogP contribution in [0.3, 0.4) is 0 Å². The summed E-state index contributed by atoms with van der Waals surface area (Å²) < 4.78 is 0. The number of amides is 1. The number of hydrogen-bond acceptors (Lipinski definition) is 4. The van der Waals surface area contributed by atoms with Crippen molar-refractivity contribution in [3.63, 3.8) is 0 Å². The van der Waals surface area contributed by atoms with Crippen LogP contribution in [-0.4, -0.2) is 41.7 Å². The van der Waals surface area contributed by atoms with Crippen LogP contribution in [0.1, 0.15) is 36.7 Å². The molecule has 0 spiro atoms. The van der Waals surface area contributed by atoms with E-state index in [2.05, 4.69) is 15.2 Å². The van der Waals surface area contributed by atoms with Gasteiger partial charge < -0.3 is 15.3 Å². The Kier molecular flexibility index (Phi) is 4.74. The summed E-state index contributed by atoms with van der Waals surface area (Å²) in [7, 11) is 0. The molecule has 0 aliphatic carbocycles. The maximum Gasteiger partial charge on any atom is 0.269 e. The SMILES string of the molecule is CCCNC(=O)c1cccc(N2CCCC2CO)n1. The number of aliphatic hydroxyl groups is 1. The molecule has 1 aromatic rings. The molecule has 1 aliphatic rings. The van der Waals surface area contributed by atoms with Crippen LogP contribution in [0.5, 0.6) is 0 Å². The van der Waals surface area contributed by atoms with E-state index in [9.17, 15) is 9.90 Å². The summed E-state index contributed by atoms with van der Waals surface area (Å²) in [6, 6.07) is 5.58. The second-order valence-corrected chi connectivity index (χ2v) is 4.81. The zero-order chi connectivity index (χ0) is 13.7. The third-order valence-corrected chi connectivity index (χ3v) is 3.38. The first-order chi connectivity index (χ1) is 9.26. The molecular weight excluding hydrogens is 242 g/mol. The number of pyridine rings is 1. The van der Waals surface area contributed by atoms with Crippen molar-refractivity contribution in [3.8, 4) is 0 Å². The van der Waals surface area contributed by atoms with E-state index < -0.39 is 0 Å². The van der Waals surface area contributed by atoms with Crippen LogP contribution in [-0.2, 0) is 0 Å². The fourth-order valence-electron chi connectivity index (χ4n) is 2.37. The maximum atomic E-state index is 11.9. The van der Waals surface area contributed by atoms with Gasteiger partial charge in [-0.2, -0.15) is 0 Å². The van der Waals surface area contributed by atoms with Crippen LogP contribution in [0.15, 0.2) is 18.2 Å². The monoisotopic (exact) mass is 263 g/mol. The van der Waals surface area contributed by atoms with Crippen molar-refractivity contribution in [1.82, 2.24) is 10.3 Å². The first-order valence-electron chi connectivity index (χ1n) is 6.89. The molecule has 0 radical (unpaired) electrons. The molecule has 5 heteroatoms. The largest absolute Gasteiger partial charge is 0.394 e. The van der Waals surface area contributed by atoms with Crippen molar-refractivity contribution < 1.29 is 9.90 Å². The van der Waals surface area contributed by atoms with Gasteiger partial charge in [-0.1, -0.05) is 13.0 Å². The summed E-state index contributed by atoms with van der Waals surface area (Å²) in [4.78, 5) is 18.4. The highest BCUT2D eigenvalue weighted by atomic mass is 16.3. The van der Waals surface area contributed by atoms with Gasteiger partial charge in [-0.25, -0.2) is 4.98 Å². The summed E-state index contributed by atoms with van der Waals surface area (Å²) in [5.41, 5.74) is 0.439. The molecule has 0 saturated carbocycles. The number of nitrogens with one attached hydrogen (secondary N) is 1. The van der Waals surface area contributed by atoms with Crippen LogP contribution >= 0.6 is 0 Å². The minimum atomic E-state index is -0.136. The van der Waals surface area contributed by atoms with Crippen LogP contribution < -0.4 is 10.2 Å². The summed E-state index contributed by atoms with van der Waals surface area (Å²) in [5, 5.41) is 12.2. The number of aliphatic hydroxyl groups excluding tert-OH is 1. The lowest BCUT2D eigenvalue weighted by Gasteiger charge is -2.24. The molecule has 19 heavy (non-hydrogen) atoms. The van der Waals surface area contributed by atoms with Gasteiger partial charge in [-0.15, -0.1) is 0 Å². The predicted octanol–water partition coefficient (Wildman–Crippen LogP) is 1.18. The Labute approximate surface area is 113 Å². The second kappa shape index (κ2) is 6.52. The van der Waals surface area contributed by atoms with Gasteiger partial charge in [0.15, 0.2) is 0 Å². The fourth-order valence-corrected chi connectivity index (χ4v) is 2.37. The van der Waals surface area contributed by atoms with Gasteiger partial charge >= 0.3 is 0 Å². The van der Waals surface area contributed by atoms with E-state index in [1.165, 1.54) is 0 Å². The van der Waals surface area contributed by atoms with E-state index in [1.54, 1.807) is 6.07 Å². The smallest absolute Gasteiger partial charge is 0.269 e. The number of nitrogens with zero attached hydrogens (tertiary/aromatic N) is 2. The van der Waals surface area contributed by atoms with Crippen molar-refractivity contribution in [2.24, 2.45) is 0 Å². The molecule has 1 atom stereocenters. The number of aromatic nitrogens is 1. The molecule has 2 heterocycles. The second-order valence-electron chi connectivity index (χ2n) is 4.81. The van der Waals surface area contributed by atoms with Gasteiger partial charge in [0.2, 0.25) is 0 Å². The summed E-state index contributed by atoms with van der Waals surface area (Å²) in [6.45, 7) is 3.69. The van der Waals surface area contributed by atoms with Crippen molar-refractivity contribution in [2.75, 3.05) is 24.6 Å².